The monoisotopic (exact) mass is 352 g/mol. The van der Waals surface area contributed by atoms with Gasteiger partial charge < -0.3 is 0 Å². The Morgan fingerprint density at radius 1 is 1.25 bits per heavy atom. The number of fused-ring (bicyclic) bond motifs is 1. The Kier molecular flexibility index (Phi) is 3.52. The third-order valence-electron chi connectivity index (χ3n) is 3.15. The number of halogens is 3. The smallest absolute Gasteiger partial charge is 0.147 e. The van der Waals surface area contributed by atoms with E-state index in [0.717, 1.165) is 21.1 Å². The molecule has 3 aromatic rings. The molecule has 3 rings (SSSR count). The maximum absolute atomic E-state index is 14.2. The number of imidazole rings is 1. The number of benzene rings is 2. The molecule has 1 heterocycles. The van der Waals surface area contributed by atoms with Gasteiger partial charge in [-0.1, -0.05) is 22.0 Å². The van der Waals surface area contributed by atoms with Crippen LogP contribution in [0.2, 0.25) is 0 Å². The molecule has 0 bridgehead atoms. The van der Waals surface area contributed by atoms with Crippen molar-refractivity contribution in [1.82, 2.24) is 9.55 Å². The second-order valence-corrected chi connectivity index (χ2v) is 5.77. The summed E-state index contributed by atoms with van der Waals surface area (Å²) in [6.45, 7) is 1.93. The predicted molar refractivity (Wildman–Crippen MR) is 83.0 cm³/mol. The first-order chi connectivity index (χ1) is 9.60. The summed E-state index contributed by atoms with van der Waals surface area (Å²) in [4.78, 5) is 4.47. The van der Waals surface area contributed by atoms with Crippen molar-refractivity contribution in [2.45, 2.75) is 12.8 Å². The molecule has 0 radical (unpaired) electrons. The Labute approximate surface area is 129 Å². The van der Waals surface area contributed by atoms with Gasteiger partial charge in [0.15, 0.2) is 0 Å². The molecule has 1 aromatic heterocycles. The van der Waals surface area contributed by atoms with Crippen LogP contribution >= 0.6 is 27.5 Å². The van der Waals surface area contributed by atoms with Gasteiger partial charge in [0.1, 0.15) is 11.6 Å². The summed E-state index contributed by atoms with van der Waals surface area (Å²) >= 11 is 9.38. The van der Waals surface area contributed by atoms with Crippen LogP contribution in [0.4, 0.5) is 4.39 Å². The number of rotatable bonds is 2. The van der Waals surface area contributed by atoms with E-state index in [1.807, 2.05) is 25.1 Å². The van der Waals surface area contributed by atoms with Crippen LogP contribution in [0.1, 0.15) is 11.4 Å². The quantitative estimate of drug-likeness (QED) is 0.594. The standard InChI is InChI=1S/C15H11BrClFN2/c1-9-2-4-11(18)14(6-9)20-13-5-3-10(16)7-12(13)19-15(20)8-17/h2-7H,8H2,1H3. The molecule has 0 spiro atoms. The molecule has 2 nitrogen and oxygen atoms in total. The summed E-state index contributed by atoms with van der Waals surface area (Å²) in [5.74, 6) is 0.563. The lowest BCUT2D eigenvalue weighted by atomic mass is 10.2. The van der Waals surface area contributed by atoms with Crippen molar-refractivity contribution in [2.24, 2.45) is 0 Å². The highest BCUT2D eigenvalue weighted by Gasteiger charge is 2.15. The summed E-state index contributed by atoms with van der Waals surface area (Å²) in [6.07, 6.45) is 0. The molecule has 0 atom stereocenters. The van der Waals surface area contributed by atoms with Crippen LogP contribution in [0.15, 0.2) is 40.9 Å². The van der Waals surface area contributed by atoms with Gasteiger partial charge >= 0.3 is 0 Å². The van der Waals surface area contributed by atoms with Crippen molar-refractivity contribution in [1.29, 1.82) is 0 Å². The van der Waals surface area contributed by atoms with Crippen LogP contribution in [0.5, 0.6) is 0 Å². The van der Waals surface area contributed by atoms with Crippen molar-refractivity contribution in [3.8, 4) is 5.69 Å². The normalized spacial score (nSPS) is 11.2. The van der Waals surface area contributed by atoms with Crippen LogP contribution in [0, 0.1) is 12.7 Å². The fourth-order valence-corrected chi connectivity index (χ4v) is 2.78. The van der Waals surface area contributed by atoms with Crippen molar-refractivity contribution in [3.05, 3.63) is 58.1 Å². The van der Waals surface area contributed by atoms with E-state index in [1.165, 1.54) is 6.07 Å². The largest absolute Gasteiger partial charge is 0.292 e. The lowest BCUT2D eigenvalue weighted by Gasteiger charge is -2.10. The Hall–Kier alpha value is -1.39. The summed E-state index contributed by atoms with van der Waals surface area (Å²) in [5.41, 5.74) is 3.09. The fourth-order valence-electron chi connectivity index (χ4n) is 2.26. The molecule has 0 aliphatic heterocycles. The maximum atomic E-state index is 14.2. The summed E-state index contributed by atoms with van der Waals surface area (Å²) in [5, 5.41) is 0. The number of nitrogens with zero attached hydrogens (tertiary/aromatic N) is 2. The number of hydrogen-bond donors (Lipinski definition) is 0. The van der Waals surface area contributed by atoms with Gasteiger partial charge in [-0.2, -0.15) is 0 Å². The second kappa shape index (κ2) is 5.19. The molecule has 102 valence electrons. The lowest BCUT2D eigenvalue weighted by molar-refractivity contribution is 0.617. The van der Waals surface area contributed by atoms with E-state index in [-0.39, 0.29) is 11.7 Å². The van der Waals surface area contributed by atoms with E-state index in [1.54, 1.807) is 16.7 Å². The van der Waals surface area contributed by atoms with E-state index in [0.29, 0.717) is 11.5 Å². The minimum atomic E-state index is -0.288. The number of aromatic nitrogens is 2. The molecule has 5 heteroatoms. The first kappa shape index (κ1) is 13.6. The Morgan fingerprint density at radius 3 is 2.80 bits per heavy atom. The molecule has 0 aliphatic carbocycles. The van der Waals surface area contributed by atoms with Crippen LogP contribution < -0.4 is 0 Å². The maximum Gasteiger partial charge on any atom is 0.147 e. The van der Waals surface area contributed by atoms with Gasteiger partial charge in [-0.3, -0.25) is 4.57 Å². The summed E-state index contributed by atoms with van der Waals surface area (Å²) in [7, 11) is 0. The van der Waals surface area contributed by atoms with Crippen LogP contribution in [0.3, 0.4) is 0 Å². The van der Waals surface area contributed by atoms with Crippen molar-refractivity contribution in [2.75, 3.05) is 0 Å². The van der Waals surface area contributed by atoms with Crippen molar-refractivity contribution < 1.29 is 4.39 Å². The zero-order valence-electron chi connectivity index (χ0n) is 10.7. The first-order valence-electron chi connectivity index (χ1n) is 6.09. The highest BCUT2D eigenvalue weighted by molar-refractivity contribution is 9.10. The molecule has 0 N–H and O–H groups in total. The van der Waals surface area contributed by atoms with Gasteiger partial charge in [0.25, 0.3) is 0 Å². The van der Waals surface area contributed by atoms with Gasteiger partial charge in [-0.05, 0) is 42.8 Å². The number of aryl methyl sites for hydroxylation is 1. The molecule has 2 aromatic carbocycles. The molecule has 0 aliphatic rings. The average Bonchev–Trinajstić information content (AvgIpc) is 2.78. The highest BCUT2D eigenvalue weighted by Crippen LogP contribution is 2.27. The first-order valence-corrected chi connectivity index (χ1v) is 7.42. The third-order valence-corrected chi connectivity index (χ3v) is 3.88. The zero-order chi connectivity index (χ0) is 14.3. The van der Waals surface area contributed by atoms with Gasteiger partial charge in [-0.25, -0.2) is 9.37 Å². The molecule has 0 unspecified atom stereocenters. The number of hydrogen-bond acceptors (Lipinski definition) is 1. The Balaban J connectivity index is 2.37. The van der Waals surface area contributed by atoms with E-state index in [4.69, 9.17) is 11.6 Å². The van der Waals surface area contributed by atoms with Gasteiger partial charge in [0, 0.05) is 4.47 Å². The minimum Gasteiger partial charge on any atom is -0.292 e. The van der Waals surface area contributed by atoms with Gasteiger partial charge in [-0.15, -0.1) is 11.6 Å². The molecular formula is C15H11BrClFN2. The number of alkyl halides is 1. The van der Waals surface area contributed by atoms with Crippen LogP contribution in [-0.2, 0) is 5.88 Å². The third kappa shape index (κ3) is 2.23. The van der Waals surface area contributed by atoms with E-state index < -0.39 is 0 Å². The van der Waals surface area contributed by atoms with Crippen molar-refractivity contribution >= 4 is 38.6 Å². The van der Waals surface area contributed by atoms with Crippen LogP contribution in [-0.4, -0.2) is 9.55 Å². The topological polar surface area (TPSA) is 17.8 Å². The Morgan fingerprint density at radius 2 is 2.05 bits per heavy atom. The molecule has 20 heavy (non-hydrogen) atoms. The van der Waals surface area contributed by atoms with Gasteiger partial charge in [0.2, 0.25) is 0 Å². The fraction of sp³-hybridized carbons (Fsp3) is 0.133. The molecule has 0 fully saturated rings. The average molecular weight is 354 g/mol. The van der Waals surface area contributed by atoms with E-state index in [9.17, 15) is 4.39 Å². The second-order valence-electron chi connectivity index (χ2n) is 4.58. The van der Waals surface area contributed by atoms with E-state index in [2.05, 4.69) is 20.9 Å². The molecule has 0 saturated heterocycles. The van der Waals surface area contributed by atoms with Crippen LogP contribution in [0.25, 0.3) is 16.7 Å². The van der Waals surface area contributed by atoms with E-state index >= 15 is 0 Å². The predicted octanol–water partition coefficient (Wildman–Crippen LogP) is 4.97. The SMILES string of the molecule is Cc1ccc(F)c(-n2c(CCl)nc3cc(Br)ccc32)c1. The van der Waals surface area contributed by atoms with Crippen molar-refractivity contribution in [3.63, 3.8) is 0 Å². The lowest BCUT2D eigenvalue weighted by Crippen LogP contribution is -2.02. The Bertz CT molecular complexity index is 798. The highest BCUT2D eigenvalue weighted by atomic mass is 79.9. The molecular weight excluding hydrogens is 343 g/mol. The summed E-state index contributed by atoms with van der Waals surface area (Å²) in [6, 6.07) is 10.7. The molecule has 0 amide bonds. The zero-order valence-corrected chi connectivity index (χ0v) is 13.0. The minimum absolute atomic E-state index is 0.222. The van der Waals surface area contributed by atoms with Gasteiger partial charge in [0.05, 0.1) is 22.6 Å². The molecule has 0 saturated carbocycles. The summed E-state index contributed by atoms with van der Waals surface area (Å²) < 4.78 is 16.9.